The van der Waals surface area contributed by atoms with Gasteiger partial charge in [0, 0.05) is 5.41 Å². The Hall–Kier alpha value is -2.09. The lowest BCUT2D eigenvalue weighted by atomic mass is 9.70. The highest BCUT2D eigenvalue weighted by atomic mass is 15.5. The van der Waals surface area contributed by atoms with E-state index in [9.17, 15) is 0 Å². The Morgan fingerprint density at radius 1 is 0.739 bits per heavy atom. The molecule has 0 fully saturated rings. The van der Waals surface area contributed by atoms with Crippen LogP contribution < -0.4 is 5.01 Å². The van der Waals surface area contributed by atoms with E-state index in [-0.39, 0.29) is 11.0 Å². The van der Waals surface area contributed by atoms with Crippen molar-refractivity contribution in [3.63, 3.8) is 0 Å². The highest BCUT2D eigenvalue weighted by Crippen LogP contribution is 2.46. The maximum absolute atomic E-state index is 5.04. The summed E-state index contributed by atoms with van der Waals surface area (Å²) in [6, 6.07) is 17.3. The van der Waals surface area contributed by atoms with Crippen LogP contribution in [0.25, 0.3) is 0 Å². The minimum absolute atomic E-state index is 0.0485. The van der Waals surface area contributed by atoms with Crippen LogP contribution in [0.4, 0.5) is 5.69 Å². The van der Waals surface area contributed by atoms with Gasteiger partial charge in [0.2, 0.25) is 0 Å². The molecule has 120 valence electrons. The van der Waals surface area contributed by atoms with Crippen LogP contribution in [0, 0.1) is 19.3 Å². The van der Waals surface area contributed by atoms with E-state index in [1.54, 1.807) is 0 Å². The highest BCUT2D eigenvalue weighted by Gasteiger charge is 2.51. The SMILES string of the molecule is Cc1ccc(C2=NN(c3ccc(C)cc3)C(C)(C)C2(C)C)cc1. The Labute approximate surface area is 139 Å². The molecule has 0 aromatic heterocycles. The molecule has 2 nitrogen and oxygen atoms in total. The van der Waals surface area contributed by atoms with Crippen LogP contribution in [0.15, 0.2) is 53.6 Å². The predicted molar refractivity (Wildman–Crippen MR) is 99.2 cm³/mol. The van der Waals surface area contributed by atoms with Crippen LogP contribution in [0.2, 0.25) is 0 Å². The van der Waals surface area contributed by atoms with Gasteiger partial charge in [-0.15, -0.1) is 0 Å². The molecule has 2 aromatic rings. The normalized spacial score (nSPS) is 18.9. The van der Waals surface area contributed by atoms with Crippen molar-refractivity contribution in [3.8, 4) is 0 Å². The van der Waals surface area contributed by atoms with Crippen molar-refractivity contribution in [2.24, 2.45) is 10.5 Å². The number of hydrogen-bond donors (Lipinski definition) is 0. The van der Waals surface area contributed by atoms with E-state index in [0.29, 0.717) is 0 Å². The molecule has 1 aliphatic heterocycles. The first-order valence-corrected chi connectivity index (χ1v) is 8.26. The van der Waals surface area contributed by atoms with Gasteiger partial charge < -0.3 is 0 Å². The lowest BCUT2D eigenvalue weighted by Crippen LogP contribution is -2.49. The van der Waals surface area contributed by atoms with Crippen molar-refractivity contribution in [2.45, 2.75) is 47.1 Å². The molecule has 3 rings (SSSR count). The van der Waals surface area contributed by atoms with Crippen LogP contribution in [0.1, 0.15) is 44.4 Å². The molecule has 0 aliphatic carbocycles. The molecule has 0 unspecified atom stereocenters. The van der Waals surface area contributed by atoms with Gasteiger partial charge in [-0.25, -0.2) is 0 Å². The Kier molecular flexibility index (Phi) is 3.59. The van der Waals surface area contributed by atoms with Crippen LogP contribution >= 0.6 is 0 Å². The summed E-state index contributed by atoms with van der Waals surface area (Å²) >= 11 is 0. The molecule has 1 heterocycles. The second kappa shape index (κ2) is 5.23. The molecule has 0 radical (unpaired) electrons. The fourth-order valence-electron chi connectivity index (χ4n) is 3.10. The maximum atomic E-state index is 5.04. The summed E-state index contributed by atoms with van der Waals surface area (Å²) < 4.78 is 0. The minimum Gasteiger partial charge on any atom is -0.259 e. The number of aryl methyl sites for hydroxylation is 2. The quantitative estimate of drug-likeness (QED) is 0.732. The number of anilines is 1. The maximum Gasteiger partial charge on any atom is 0.0762 e. The average molecular weight is 306 g/mol. The molecule has 0 saturated heterocycles. The largest absolute Gasteiger partial charge is 0.259 e. The van der Waals surface area contributed by atoms with Crippen LogP contribution in [-0.2, 0) is 0 Å². The number of rotatable bonds is 2. The van der Waals surface area contributed by atoms with Crippen molar-refractivity contribution >= 4 is 11.4 Å². The van der Waals surface area contributed by atoms with Gasteiger partial charge in [0.1, 0.15) is 0 Å². The molecule has 2 heteroatoms. The smallest absolute Gasteiger partial charge is 0.0762 e. The molecule has 0 saturated carbocycles. The molecule has 0 N–H and O–H groups in total. The van der Waals surface area contributed by atoms with Crippen molar-refractivity contribution in [1.29, 1.82) is 0 Å². The van der Waals surface area contributed by atoms with Gasteiger partial charge in [0.05, 0.1) is 16.9 Å². The molecule has 0 amide bonds. The first-order chi connectivity index (χ1) is 10.7. The van der Waals surface area contributed by atoms with Crippen LogP contribution in [0.5, 0.6) is 0 Å². The molecule has 23 heavy (non-hydrogen) atoms. The molecule has 0 spiro atoms. The molecule has 1 aliphatic rings. The predicted octanol–water partition coefficient (Wildman–Crippen LogP) is 5.33. The molecular formula is C21H26N2. The zero-order valence-corrected chi connectivity index (χ0v) is 15.0. The zero-order chi connectivity index (χ0) is 16.8. The van der Waals surface area contributed by atoms with Crippen molar-refractivity contribution in [2.75, 3.05) is 5.01 Å². The van der Waals surface area contributed by atoms with Crippen LogP contribution in [-0.4, -0.2) is 11.3 Å². The van der Waals surface area contributed by atoms with E-state index >= 15 is 0 Å². The molecular weight excluding hydrogens is 280 g/mol. The summed E-state index contributed by atoms with van der Waals surface area (Å²) in [5.74, 6) is 0. The van der Waals surface area contributed by atoms with Gasteiger partial charge in [0.25, 0.3) is 0 Å². The van der Waals surface area contributed by atoms with Gasteiger partial charge in [-0.05, 0) is 45.4 Å². The summed E-state index contributed by atoms with van der Waals surface area (Å²) in [5, 5.41) is 7.23. The van der Waals surface area contributed by atoms with Gasteiger partial charge >= 0.3 is 0 Å². The Morgan fingerprint density at radius 3 is 1.74 bits per heavy atom. The van der Waals surface area contributed by atoms with Crippen LogP contribution in [0.3, 0.4) is 0 Å². The van der Waals surface area contributed by atoms with E-state index in [2.05, 4.69) is 95.1 Å². The second-order valence-corrected chi connectivity index (χ2v) is 7.65. The van der Waals surface area contributed by atoms with Crippen molar-refractivity contribution < 1.29 is 0 Å². The summed E-state index contributed by atoms with van der Waals surface area (Å²) in [6.45, 7) is 13.4. The van der Waals surface area contributed by atoms with Gasteiger partial charge in [-0.2, -0.15) is 5.10 Å². The third kappa shape index (κ3) is 2.46. The fourth-order valence-corrected chi connectivity index (χ4v) is 3.10. The first kappa shape index (κ1) is 15.8. The Morgan fingerprint density at radius 2 is 1.22 bits per heavy atom. The van der Waals surface area contributed by atoms with Gasteiger partial charge in [-0.3, -0.25) is 5.01 Å². The topological polar surface area (TPSA) is 15.6 Å². The number of hydrazone groups is 1. The highest BCUT2D eigenvalue weighted by molar-refractivity contribution is 6.07. The summed E-state index contributed by atoms with van der Waals surface area (Å²) in [4.78, 5) is 0. The van der Waals surface area contributed by atoms with E-state index in [0.717, 1.165) is 11.4 Å². The lowest BCUT2D eigenvalue weighted by molar-refractivity contribution is 0.305. The van der Waals surface area contributed by atoms with E-state index in [4.69, 9.17) is 5.10 Å². The standard InChI is InChI=1S/C21H26N2/c1-15-7-11-17(12-8-15)19-20(3,4)21(5,6)23(22-19)18-13-9-16(2)10-14-18/h7-14H,1-6H3. The first-order valence-electron chi connectivity index (χ1n) is 8.26. The molecule has 2 aromatic carbocycles. The monoisotopic (exact) mass is 306 g/mol. The van der Waals surface area contributed by atoms with Gasteiger partial charge in [-0.1, -0.05) is 61.4 Å². The number of benzene rings is 2. The Bertz CT molecular complexity index is 734. The third-order valence-corrected chi connectivity index (χ3v) is 5.45. The van der Waals surface area contributed by atoms with E-state index < -0.39 is 0 Å². The van der Waals surface area contributed by atoms with Crippen molar-refractivity contribution in [3.05, 3.63) is 65.2 Å². The fraction of sp³-hybridized carbons (Fsp3) is 0.381. The summed E-state index contributed by atoms with van der Waals surface area (Å²) in [6.07, 6.45) is 0. The summed E-state index contributed by atoms with van der Waals surface area (Å²) in [7, 11) is 0. The average Bonchev–Trinajstić information content (AvgIpc) is 2.68. The van der Waals surface area contributed by atoms with Crippen molar-refractivity contribution in [1.82, 2.24) is 0 Å². The Balaban J connectivity index is 2.10. The van der Waals surface area contributed by atoms with E-state index in [1.165, 1.54) is 16.7 Å². The van der Waals surface area contributed by atoms with Gasteiger partial charge in [0.15, 0.2) is 0 Å². The minimum atomic E-state index is -0.0948. The molecule has 0 atom stereocenters. The summed E-state index contributed by atoms with van der Waals surface area (Å²) in [5.41, 5.74) is 5.92. The number of nitrogens with zero attached hydrogens (tertiary/aromatic N) is 2. The van der Waals surface area contributed by atoms with E-state index in [1.807, 2.05) is 0 Å². The lowest BCUT2D eigenvalue weighted by Gasteiger charge is -2.41. The third-order valence-electron chi connectivity index (χ3n) is 5.45. The second-order valence-electron chi connectivity index (χ2n) is 7.65. The number of hydrogen-bond acceptors (Lipinski definition) is 2. The molecule has 0 bridgehead atoms. The zero-order valence-electron chi connectivity index (χ0n) is 15.0.